The molecule has 0 aliphatic rings. The summed E-state index contributed by atoms with van der Waals surface area (Å²) in [5, 5.41) is 8.63. The highest BCUT2D eigenvalue weighted by Crippen LogP contribution is 2.05. The van der Waals surface area contributed by atoms with E-state index in [1.807, 2.05) is 0 Å². The van der Waals surface area contributed by atoms with Gasteiger partial charge in [-0.25, -0.2) is 9.79 Å². The van der Waals surface area contributed by atoms with Gasteiger partial charge in [-0.1, -0.05) is 12.1 Å². The summed E-state index contributed by atoms with van der Waals surface area (Å²) in [6.45, 7) is 0.363. The van der Waals surface area contributed by atoms with Crippen LogP contribution in [-0.2, 0) is 6.54 Å². The maximum atomic E-state index is 10.5. The molecule has 1 rings (SSSR count). The molecule has 5 nitrogen and oxygen atoms in total. The van der Waals surface area contributed by atoms with Gasteiger partial charge in [-0.05, 0) is 17.7 Å². The SMILES string of the molecule is NC(N)=NCc1ccc(C(=O)O)cc1. The minimum Gasteiger partial charge on any atom is -0.478 e. The van der Waals surface area contributed by atoms with Crippen LogP contribution in [0.25, 0.3) is 0 Å². The van der Waals surface area contributed by atoms with Crippen LogP contribution in [0.3, 0.4) is 0 Å². The van der Waals surface area contributed by atoms with E-state index in [2.05, 4.69) is 4.99 Å². The summed E-state index contributed by atoms with van der Waals surface area (Å²) >= 11 is 0. The molecule has 1 aromatic carbocycles. The molecule has 0 bridgehead atoms. The van der Waals surface area contributed by atoms with Crippen molar-refractivity contribution in [3.8, 4) is 0 Å². The van der Waals surface area contributed by atoms with Gasteiger partial charge in [0.1, 0.15) is 0 Å². The minimum absolute atomic E-state index is 0.0207. The van der Waals surface area contributed by atoms with Crippen molar-refractivity contribution in [2.75, 3.05) is 0 Å². The molecule has 0 aliphatic heterocycles. The zero-order valence-electron chi connectivity index (χ0n) is 7.47. The number of hydrogen-bond donors (Lipinski definition) is 3. The molecule has 74 valence electrons. The van der Waals surface area contributed by atoms with Crippen LogP contribution in [0.1, 0.15) is 15.9 Å². The molecule has 0 saturated heterocycles. The van der Waals surface area contributed by atoms with E-state index in [0.717, 1.165) is 5.56 Å². The largest absolute Gasteiger partial charge is 0.478 e. The highest BCUT2D eigenvalue weighted by Gasteiger charge is 2.00. The fourth-order valence-corrected chi connectivity index (χ4v) is 0.935. The normalized spacial score (nSPS) is 9.43. The number of nitrogens with two attached hydrogens (primary N) is 2. The smallest absolute Gasteiger partial charge is 0.335 e. The fourth-order valence-electron chi connectivity index (χ4n) is 0.935. The number of guanidine groups is 1. The van der Waals surface area contributed by atoms with E-state index in [-0.39, 0.29) is 11.5 Å². The first-order valence-electron chi connectivity index (χ1n) is 3.97. The van der Waals surface area contributed by atoms with Crippen molar-refractivity contribution in [1.29, 1.82) is 0 Å². The highest BCUT2D eigenvalue weighted by atomic mass is 16.4. The topological polar surface area (TPSA) is 102 Å². The fraction of sp³-hybridized carbons (Fsp3) is 0.111. The molecular weight excluding hydrogens is 182 g/mol. The lowest BCUT2D eigenvalue weighted by Gasteiger charge is -1.98. The van der Waals surface area contributed by atoms with E-state index >= 15 is 0 Å². The van der Waals surface area contributed by atoms with Gasteiger partial charge in [-0.2, -0.15) is 0 Å². The van der Waals surface area contributed by atoms with E-state index in [1.54, 1.807) is 12.1 Å². The van der Waals surface area contributed by atoms with Crippen molar-refractivity contribution in [2.24, 2.45) is 16.5 Å². The molecule has 1 aromatic rings. The molecule has 5 heteroatoms. The molecule has 0 spiro atoms. The maximum Gasteiger partial charge on any atom is 0.335 e. The van der Waals surface area contributed by atoms with Crippen LogP contribution in [-0.4, -0.2) is 17.0 Å². The second kappa shape index (κ2) is 4.27. The van der Waals surface area contributed by atoms with Gasteiger partial charge in [0.25, 0.3) is 0 Å². The number of aliphatic imine (C=N–C) groups is 1. The number of nitrogens with zero attached hydrogens (tertiary/aromatic N) is 1. The van der Waals surface area contributed by atoms with Gasteiger partial charge >= 0.3 is 5.97 Å². The van der Waals surface area contributed by atoms with Gasteiger partial charge in [0, 0.05) is 0 Å². The molecule has 5 N–H and O–H groups in total. The zero-order chi connectivity index (χ0) is 10.6. The Morgan fingerprint density at radius 1 is 1.29 bits per heavy atom. The molecule has 0 heterocycles. The highest BCUT2D eigenvalue weighted by molar-refractivity contribution is 5.87. The molecule has 0 radical (unpaired) electrons. The van der Waals surface area contributed by atoms with E-state index in [4.69, 9.17) is 16.6 Å². The average molecular weight is 193 g/mol. The Morgan fingerprint density at radius 2 is 1.86 bits per heavy atom. The van der Waals surface area contributed by atoms with Crippen molar-refractivity contribution < 1.29 is 9.90 Å². The number of benzene rings is 1. The predicted octanol–water partition coefficient (Wildman–Crippen LogP) is 0.158. The van der Waals surface area contributed by atoms with Gasteiger partial charge in [-0.3, -0.25) is 0 Å². The molecule has 0 fully saturated rings. The molecule has 0 amide bonds. The number of aromatic carboxylic acids is 1. The van der Waals surface area contributed by atoms with Crippen LogP contribution in [0, 0.1) is 0 Å². The number of carboxylic acid groups (broad SMARTS) is 1. The standard InChI is InChI=1S/C9H11N3O2/c10-9(11)12-5-6-1-3-7(4-2-6)8(13)14/h1-4H,5H2,(H,13,14)(H4,10,11,12). The van der Waals surface area contributed by atoms with E-state index in [1.165, 1.54) is 12.1 Å². The van der Waals surface area contributed by atoms with Crippen LogP contribution >= 0.6 is 0 Å². The molecule has 0 saturated carbocycles. The van der Waals surface area contributed by atoms with Crippen LogP contribution in [0.15, 0.2) is 29.3 Å². The second-order valence-corrected chi connectivity index (χ2v) is 2.74. The lowest BCUT2D eigenvalue weighted by atomic mass is 10.1. The third kappa shape index (κ3) is 2.78. The summed E-state index contributed by atoms with van der Waals surface area (Å²) in [4.78, 5) is 14.3. The molecular formula is C9H11N3O2. The summed E-state index contributed by atoms with van der Waals surface area (Å²) in [7, 11) is 0. The van der Waals surface area contributed by atoms with Crippen LogP contribution < -0.4 is 11.5 Å². The van der Waals surface area contributed by atoms with Gasteiger partial charge in [-0.15, -0.1) is 0 Å². The Labute approximate surface area is 81.1 Å². The van der Waals surface area contributed by atoms with Gasteiger partial charge < -0.3 is 16.6 Å². The predicted molar refractivity (Wildman–Crippen MR) is 52.9 cm³/mol. The summed E-state index contributed by atoms with van der Waals surface area (Å²) in [5.41, 5.74) is 11.4. The van der Waals surface area contributed by atoms with Crippen LogP contribution in [0.5, 0.6) is 0 Å². The lowest BCUT2D eigenvalue weighted by molar-refractivity contribution is 0.0697. The summed E-state index contributed by atoms with van der Waals surface area (Å²) in [5.74, 6) is -0.925. The Morgan fingerprint density at radius 3 is 2.29 bits per heavy atom. The van der Waals surface area contributed by atoms with E-state index < -0.39 is 5.97 Å². The van der Waals surface area contributed by atoms with Gasteiger partial charge in [0.2, 0.25) is 0 Å². The first-order chi connectivity index (χ1) is 6.59. The maximum absolute atomic E-state index is 10.5. The van der Waals surface area contributed by atoms with Crippen molar-refractivity contribution in [2.45, 2.75) is 6.54 Å². The summed E-state index contributed by atoms with van der Waals surface area (Å²) in [6.07, 6.45) is 0. The molecule has 0 aliphatic carbocycles. The van der Waals surface area contributed by atoms with Crippen LogP contribution in [0.2, 0.25) is 0 Å². The lowest BCUT2D eigenvalue weighted by Crippen LogP contribution is -2.22. The van der Waals surface area contributed by atoms with Gasteiger partial charge in [0.15, 0.2) is 5.96 Å². The Balaban J connectivity index is 2.74. The Bertz CT molecular complexity index is 353. The third-order valence-corrected chi connectivity index (χ3v) is 1.65. The number of carboxylic acids is 1. The zero-order valence-corrected chi connectivity index (χ0v) is 7.47. The first kappa shape index (κ1) is 10.0. The first-order valence-corrected chi connectivity index (χ1v) is 3.97. The van der Waals surface area contributed by atoms with E-state index in [0.29, 0.717) is 6.54 Å². The second-order valence-electron chi connectivity index (χ2n) is 2.74. The van der Waals surface area contributed by atoms with Crippen LogP contribution in [0.4, 0.5) is 0 Å². The van der Waals surface area contributed by atoms with Crippen molar-refractivity contribution >= 4 is 11.9 Å². The number of hydrogen-bond acceptors (Lipinski definition) is 2. The van der Waals surface area contributed by atoms with Crippen molar-refractivity contribution in [3.63, 3.8) is 0 Å². The Hall–Kier alpha value is -2.04. The quantitative estimate of drug-likeness (QED) is 0.470. The molecule has 0 unspecified atom stereocenters. The third-order valence-electron chi connectivity index (χ3n) is 1.65. The van der Waals surface area contributed by atoms with Crippen molar-refractivity contribution in [1.82, 2.24) is 0 Å². The summed E-state index contributed by atoms with van der Waals surface area (Å²) in [6, 6.07) is 6.38. The molecule has 0 aromatic heterocycles. The van der Waals surface area contributed by atoms with Gasteiger partial charge in [0.05, 0.1) is 12.1 Å². The minimum atomic E-state index is -0.946. The van der Waals surface area contributed by atoms with E-state index in [9.17, 15) is 4.79 Å². The van der Waals surface area contributed by atoms with Crippen molar-refractivity contribution in [3.05, 3.63) is 35.4 Å². The monoisotopic (exact) mass is 193 g/mol. The number of rotatable bonds is 3. The number of carbonyl (C=O) groups is 1. The average Bonchev–Trinajstić information content (AvgIpc) is 2.15. The summed E-state index contributed by atoms with van der Waals surface area (Å²) < 4.78 is 0. The molecule has 0 atom stereocenters. The molecule has 14 heavy (non-hydrogen) atoms. The Kier molecular flexibility index (Phi) is 3.06.